The van der Waals surface area contributed by atoms with Crippen LogP contribution in [-0.2, 0) is 6.42 Å². The lowest BCUT2D eigenvalue weighted by Gasteiger charge is -2.28. The second kappa shape index (κ2) is 16.2. The van der Waals surface area contributed by atoms with Gasteiger partial charge in [-0.3, -0.25) is 4.99 Å². The summed E-state index contributed by atoms with van der Waals surface area (Å²) >= 11 is 3.78. The third-order valence-electron chi connectivity index (χ3n) is 15.9. The Bertz CT molecular complexity index is 4410. The van der Waals surface area contributed by atoms with Gasteiger partial charge in [-0.2, -0.15) is 0 Å². The van der Waals surface area contributed by atoms with Gasteiger partial charge in [0.25, 0.3) is 0 Å². The predicted molar refractivity (Wildman–Crippen MR) is 306 cm³/mol. The minimum Gasteiger partial charge on any atom is -0.308 e. The van der Waals surface area contributed by atoms with Gasteiger partial charge in [-0.1, -0.05) is 153 Å². The van der Waals surface area contributed by atoms with Crippen LogP contribution in [0.25, 0.3) is 101 Å². The molecule has 3 unspecified atom stereocenters. The molecule has 0 saturated carbocycles. The van der Waals surface area contributed by atoms with E-state index in [1.807, 2.05) is 22.7 Å². The minimum absolute atomic E-state index is 0.0104. The van der Waals surface area contributed by atoms with Crippen molar-refractivity contribution in [3.8, 4) is 16.8 Å². The third kappa shape index (κ3) is 6.53. The van der Waals surface area contributed by atoms with Crippen molar-refractivity contribution in [1.29, 1.82) is 0 Å². The first-order valence-electron chi connectivity index (χ1n) is 25.1. The normalized spacial score (nSPS) is 18.9. The fourth-order valence-electron chi connectivity index (χ4n) is 12.4. The molecule has 3 atom stereocenters. The summed E-state index contributed by atoms with van der Waals surface area (Å²) in [4.78, 5) is 12.0. The molecule has 2 aliphatic rings. The number of aromatic nitrogens is 1. The monoisotopic (exact) mass is 945 g/mol. The molecule has 5 heteroatoms. The average molecular weight is 946 g/mol. The fraction of sp³-hybridized carbons (Fsp3) is 0.121. The Labute approximate surface area is 419 Å². The summed E-state index contributed by atoms with van der Waals surface area (Å²) in [5.74, 6) is 1.22. The van der Waals surface area contributed by atoms with Crippen LogP contribution in [0.4, 0.5) is 0 Å². The van der Waals surface area contributed by atoms with Crippen LogP contribution in [-0.4, -0.2) is 16.1 Å². The number of hydrogen-bond acceptors (Lipinski definition) is 4. The van der Waals surface area contributed by atoms with Crippen LogP contribution < -0.4 is 0 Å². The Hall–Kier alpha value is -7.70. The first-order valence-corrected chi connectivity index (χ1v) is 26.8. The van der Waals surface area contributed by atoms with Crippen LogP contribution in [0.15, 0.2) is 210 Å². The second-order valence-corrected chi connectivity index (χ2v) is 22.0. The Kier molecular flexibility index (Phi) is 9.37. The van der Waals surface area contributed by atoms with E-state index in [4.69, 9.17) is 9.98 Å². The zero-order valence-corrected chi connectivity index (χ0v) is 40.9. The maximum absolute atomic E-state index is 6.01. The number of benzene rings is 10. The zero-order valence-electron chi connectivity index (χ0n) is 39.3. The van der Waals surface area contributed by atoms with Gasteiger partial charge in [0, 0.05) is 58.0 Å². The van der Waals surface area contributed by atoms with Crippen molar-refractivity contribution in [2.75, 3.05) is 0 Å². The summed E-state index contributed by atoms with van der Waals surface area (Å²) in [6.07, 6.45) is 3.69. The molecule has 0 fully saturated rings. The standard InChI is InChI=1S/C66H47N3S2/c1-39-26-31-56(67-66(52-30-27-40-14-4-6-18-46(40)48-20-8-9-21-49(48)52)68-64(39)44-29-33-62-53(35-44)50-22-10-12-24-60(50)70-62)45-36-54-51-23-11-13-25-61(51)71-65(54)59(38-45)69-57-32-28-41-15-5-7-19-47(41)63(57)55-34-42-16-2-3-17-43(42)37-58(55)69/h2-25,28-29,32-39,52,64H,26-27,30-31H2,1H3/b67-56+,68-66-. The molecular weight excluding hydrogens is 899 g/mol. The summed E-state index contributed by atoms with van der Waals surface area (Å²) in [7, 11) is 0. The van der Waals surface area contributed by atoms with Gasteiger partial charge in [0.2, 0.25) is 0 Å². The molecule has 1 aliphatic heterocycles. The summed E-state index contributed by atoms with van der Waals surface area (Å²) in [6, 6.07) is 75.1. The summed E-state index contributed by atoms with van der Waals surface area (Å²) in [5, 5.41) is 12.8. The van der Waals surface area contributed by atoms with Crippen LogP contribution in [0.2, 0.25) is 0 Å². The highest BCUT2D eigenvalue weighted by atomic mass is 32.1. The van der Waals surface area contributed by atoms with Gasteiger partial charge in [-0.25, -0.2) is 4.99 Å². The van der Waals surface area contributed by atoms with E-state index < -0.39 is 0 Å². The molecule has 13 aromatic rings. The molecule has 3 aromatic heterocycles. The van der Waals surface area contributed by atoms with Gasteiger partial charge in [-0.05, 0) is 141 Å². The van der Waals surface area contributed by atoms with Gasteiger partial charge in [0.1, 0.15) is 5.84 Å². The smallest absolute Gasteiger partial charge is 0.131 e. The molecule has 0 bridgehead atoms. The number of nitrogens with zero attached hydrogens (tertiary/aromatic N) is 3. The summed E-state index contributed by atoms with van der Waals surface area (Å²) in [5.41, 5.74) is 12.5. The van der Waals surface area contributed by atoms with Gasteiger partial charge >= 0.3 is 0 Å². The second-order valence-electron chi connectivity index (χ2n) is 19.9. The highest BCUT2D eigenvalue weighted by molar-refractivity contribution is 7.26. The molecule has 15 rings (SSSR count). The Morgan fingerprint density at radius 3 is 2.04 bits per heavy atom. The lowest BCUT2D eigenvalue weighted by molar-refractivity contribution is 0.444. The van der Waals surface area contributed by atoms with Crippen molar-refractivity contribution >= 4 is 118 Å². The van der Waals surface area contributed by atoms with E-state index in [0.29, 0.717) is 0 Å². The number of rotatable bonds is 4. The molecule has 0 saturated heterocycles. The van der Waals surface area contributed by atoms with Crippen molar-refractivity contribution in [2.45, 2.75) is 44.6 Å². The van der Waals surface area contributed by atoms with E-state index in [9.17, 15) is 0 Å². The number of thiophene rings is 2. The van der Waals surface area contributed by atoms with E-state index in [0.717, 1.165) is 37.2 Å². The average Bonchev–Trinajstić information content (AvgIpc) is 4.05. The molecule has 10 aromatic carbocycles. The Morgan fingerprint density at radius 2 is 1.18 bits per heavy atom. The van der Waals surface area contributed by atoms with E-state index in [1.54, 1.807) is 0 Å². The van der Waals surface area contributed by atoms with Crippen LogP contribution >= 0.6 is 22.7 Å². The first kappa shape index (κ1) is 41.1. The number of amidine groups is 1. The van der Waals surface area contributed by atoms with Crippen molar-refractivity contribution in [3.63, 3.8) is 0 Å². The summed E-state index contributed by atoms with van der Waals surface area (Å²) < 4.78 is 7.81. The molecule has 0 spiro atoms. The minimum atomic E-state index is -0.0442. The van der Waals surface area contributed by atoms with Gasteiger partial charge in [-0.15, -0.1) is 22.7 Å². The molecule has 4 heterocycles. The van der Waals surface area contributed by atoms with Crippen molar-refractivity contribution in [3.05, 3.63) is 222 Å². The fourth-order valence-corrected chi connectivity index (χ4v) is 14.6. The number of fused-ring (bicyclic) bond motifs is 15. The van der Waals surface area contributed by atoms with E-state index in [2.05, 4.69) is 212 Å². The molecule has 338 valence electrons. The highest BCUT2D eigenvalue weighted by Gasteiger charge is 2.31. The lowest BCUT2D eigenvalue weighted by Crippen LogP contribution is -2.21. The zero-order chi connectivity index (χ0) is 46.7. The Balaban J connectivity index is 0.993. The maximum Gasteiger partial charge on any atom is 0.131 e. The van der Waals surface area contributed by atoms with Gasteiger partial charge in [0.15, 0.2) is 0 Å². The van der Waals surface area contributed by atoms with Crippen molar-refractivity contribution in [1.82, 2.24) is 4.57 Å². The molecule has 71 heavy (non-hydrogen) atoms. The number of aryl methyl sites for hydroxylation is 1. The largest absolute Gasteiger partial charge is 0.308 e. The highest BCUT2D eigenvalue weighted by Crippen LogP contribution is 2.47. The third-order valence-corrected chi connectivity index (χ3v) is 18.2. The quantitative estimate of drug-likeness (QED) is 0.168. The molecule has 0 amide bonds. The van der Waals surface area contributed by atoms with Crippen molar-refractivity contribution < 1.29 is 0 Å². The van der Waals surface area contributed by atoms with Crippen LogP contribution in [0.3, 0.4) is 0 Å². The lowest BCUT2D eigenvalue weighted by atomic mass is 9.86. The van der Waals surface area contributed by atoms with Crippen LogP contribution in [0.1, 0.15) is 60.4 Å². The van der Waals surface area contributed by atoms with Crippen molar-refractivity contribution in [2.24, 2.45) is 15.9 Å². The molecule has 0 radical (unpaired) electrons. The van der Waals surface area contributed by atoms with Crippen LogP contribution in [0, 0.1) is 5.92 Å². The number of aliphatic imine (C=N–C) groups is 2. The SMILES string of the molecule is CC1CC/C(c2cc(-n3c4cc5ccccc5cc4c4c5ccccc5ccc43)c3sc4ccccc4c3c2)=N\C(C2CCc3ccccc3-c3ccccc32)=N/C1c1ccc2sc3ccccc3c2c1. The molecule has 3 nitrogen and oxygen atoms in total. The topological polar surface area (TPSA) is 29.6 Å². The van der Waals surface area contributed by atoms with E-state index in [1.165, 1.54) is 123 Å². The molecule has 0 N–H and O–H groups in total. The van der Waals surface area contributed by atoms with Gasteiger partial charge < -0.3 is 4.57 Å². The molecule has 1 aliphatic carbocycles. The van der Waals surface area contributed by atoms with E-state index in [-0.39, 0.29) is 17.9 Å². The maximum atomic E-state index is 6.01. The predicted octanol–water partition coefficient (Wildman–Crippen LogP) is 18.6. The van der Waals surface area contributed by atoms with Gasteiger partial charge in [0.05, 0.1) is 27.5 Å². The number of hydrogen-bond donors (Lipinski definition) is 0. The van der Waals surface area contributed by atoms with E-state index >= 15 is 0 Å². The first-order chi connectivity index (χ1) is 35.1. The van der Waals surface area contributed by atoms with Crippen LogP contribution in [0.5, 0.6) is 0 Å². The summed E-state index contributed by atoms with van der Waals surface area (Å²) in [6.45, 7) is 2.43. The molecular formula is C66H47N3S2. The Morgan fingerprint density at radius 1 is 0.493 bits per heavy atom.